The van der Waals surface area contributed by atoms with E-state index in [1.165, 1.54) is 32.8 Å². The number of hydrogen-bond acceptors (Lipinski definition) is 1. The van der Waals surface area contributed by atoms with Gasteiger partial charge in [-0.05, 0) is 18.1 Å². The molecular formula is C37H33BN2Si. The van der Waals surface area contributed by atoms with Gasteiger partial charge in [-0.15, -0.1) is 12.6 Å². The average Bonchev–Trinajstić information content (AvgIpc) is 3.58. The first-order valence-corrected chi connectivity index (χ1v) is 14.9. The van der Waals surface area contributed by atoms with Crippen LogP contribution in [0.4, 0.5) is 0 Å². The predicted octanol–water partition coefficient (Wildman–Crippen LogP) is 5.99. The molecule has 4 heteroatoms. The molecule has 0 aliphatic heterocycles. The van der Waals surface area contributed by atoms with Gasteiger partial charge in [-0.2, -0.15) is 0 Å². The molecule has 0 aliphatic carbocycles. The second-order valence-electron chi connectivity index (χ2n) is 9.94. The Morgan fingerprint density at radius 1 is 0.683 bits per heavy atom. The lowest BCUT2D eigenvalue weighted by atomic mass is 9.41. The molecule has 6 rings (SSSR count). The van der Waals surface area contributed by atoms with Crippen LogP contribution in [0.3, 0.4) is 0 Å². The topological polar surface area (TPSA) is 17.8 Å². The van der Waals surface area contributed by atoms with Gasteiger partial charge < -0.3 is 4.57 Å². The smallest absolute Gasteiger partial charge is 0.233 e. The standard InChI is InChI=1S/C23H20N2Si.C14H13B/c1-19-9-8-14-22(17-19)26-23(25-16-15-24-18-25,20-10-4-2-5-11-20)21-12-6-3-7-13-21;1-2-15(13-9-5-3-6-10-13)14-11-7-4-8-12-14/h2-18H,1H3;2-12H,1H2. The highest BCUT2D eigenvalue weighted by Gasteiger charge is 2.37. The maximum Gasteiger partial charge on any atom is 0.233 e. The van der Waals surface area contributed by atoms with Crippen molar-refractivity contribution in [2.24, 2.45) is 0 Å². The first-order chi connectivity index (χ1) is 20.2. The molecule has 5 aromatic carbocycles. The first kappa shape index (κ1) is 27.9. The highest BCUT2D eigenvalue weighted by Crippen LogP contribution is 2.33. The molecule has 2 radical (unpaired) electrons. The average molecular weight is 545 g/mol. The van der Waals surface area contributed by atoms with E-state index in [-0.39, 0.29) is 5.16 Å². The quantitative estimate of drug-likeness (QED) is 0.215. The van der Waals surface area contributed by atoms with Gasteiger partial charge in [0.15, 0.2) is 0 Å². The van der Waals surface area contributed by atoms with Crippen molar-refractivity contribution in [3.8, 4) is 0 Å². The molecule has 198 valence electrons. The Labute approximate surface area is 247 Å². The number of hydrogen-bond donors (Lipinski definition) is 0. The Bertz CT molecular complexity index is 1540. The van der Waals surface area contributed by atoms with Crippen LogP contribution in [0.15, 0.2) is 177 Å². The van der Waals surface area contributed by atoms with E-state index >= 15 is 0 Å². The van der Waals surface area contributed by atoms with E-state index in [4.69, 9.17) is 0 Å². The molecule has 0 aliphatic rings. The third-order valence-corrected chi connectivity index (χ3v) is 8.97. The summed E-state index contributed by atoms with van der Waals surface area (Å²) in [5.41, 5.74) is 6.40. The summed E-state index contributed by atoms with van der Waals surface area (Å²) >= 11 is 0. The van der Waals surface area contributed by atoms with Crippen LogP contribution in [0.5, 0.6) is 0 Å². The number of aromatic nitrogens is 2. The number of imidazole rings is 1. The summed E-state index contributed by atoms with van der Waals surface area (Å²) in [7, 11) is 0.535. The normalized spacial score (nSPS) is 10.8. The van der Waals surface area contributed by atoms with Gasteiger partial charge in [0.05, 0.1) is 11.5 Å². The fourth-order valence-corrected chi connectivity index (χ4v) is 6.99. The van der Waals surface area contributed by atoms with E-state index in [0.29, 0.717) is 16.2 Å². The highest BCUT2D eigenvalue weighted by atomic mass is 28.2. The molecule has 0 amide bonds. The van der Waals surface area contributed by atoms with Crippen molar-refractivity contribution in [3.63, 3.8) is 0 Å². The first-order valence-electron chi connectivity index (χ1n) is 13.9. The summed E-state index contributed by atoms with van der Waals surface area (Å²) in [6.07, 6.45) is 5.87. The third kappa shape index (κ3) is 6.56. The Hall–Kier alpha value is -4.67. The van der Waals surface area contributed by atoms with Crippen molar-refractivity contribution in [1.29, 1.82) is 0 Å². The minimum atomic E-state index is -0.313. The maximum absolute atomic E-state index is 4.37. The van der Waals surface area contributed by atoms with E-state index in [1.807, 2.05) is 30.6 Å². The van der Waals surface area contributed by atoms with Gasteiger partial charge in [-0.3, -0.25) is 0 Å². The molecular weight excluding hydrogens is 511 g/mol. The molecule has 0 fully saturated rings. The molecule has 1 aromatic heterocycles. The van der Waals surface area contributed by atoms with Crippen LogP contribution in [0.1, 0.15) is 16.7 Å². The molecule has 0 spiro atoms. The summed E-state index contributed by atoms with van der Waals surface area (Å²) in [6, 6.07) is 51.2. The van der Waals surface area contributed by atoms with E-state index in [9.17, 15) is 0 Å². The molecule has 6 aromatic rings. The molecule has 0 saturated carbocycles. The van der Waals surface area contributed by atoms with Gasteiger partial charge in [-0.1, -0.05) is 167 Å². The number of benzene rings is 5. The van der Waals surface area contributed by atoms with Crippen molar-refractivity contribution in [2.75, 3.05) is 0 Å². The van der Waals surface area contributed by atoms with E-state index in [2.05, 4.69) is 163 Å². The lowest BCUT2D eigenvalue weighted by Crippen LogP contribution is -2.46. The van der Waals surface area contributed by atoms with Crippen molar-refractivity contribution in [2.45, 2.75) is 12.1 Å². The molecule has 41 heavy (non-hydrogen) atoms. The van der Waals surface area contributed by atoms with Gasteiger partial charge in [0, 0.05) is 12.4 Å². The molecule has 0 atom stereocenters. The molecule has 2 nitrogen and oxygen atoms in total. The summed E-state index contributed by atoms with van der Waals surface area (Å²) in [6.45, 7) is 6.36. The molecule has 0 saturated heterocycles. The fourth-order valence-electron chi connectivity index (χ4n) is 5.21. The van der Waals surface area contributed by atoms with Gasteiger partial charge in [-0.25, -0.2) is 4.98 Å². The summed E-state index contributed by atoms with van der Waals surface area (Å²) < 4.78 is 2.25. The van der Waals surface area contributed by atoms with Crippen LogP contribution < -0.4 is 16.1 Å². The predicted molar refractivity (Wildman–Crippen MR) is 176 cm³/mol. The lowest BCUT2D eigenvalue weighted by Gasteiger charge is -2.36. The van der Waals surface area contributed by atoms with Crippen LogP contribution in [-0.4, -0.2) is 25.8 Å². The van der Waals surface area contributed by atoms with Crippen LogP contribution >= 0.6 is 0 Å². The molecule has 0 bridgehead atoms. The Balaban J connectivity index is 0.000000191. The molecule has 1 heterocycles. The van der Waals surface area contributed by atoms with Gasteiger partial charge in [0.1, 0.15) is 9.52 Å². The number of rotatable bonds is 8. The van der Waals surface area contributed by atoms with Gasteiger partial charge >= 0.3 is 0 Å². The summed E-state index contributed by atoms with van der Waals surface area (Å²) in [4.78, 5) is 4.37. The molecule has 0 unspecified atom stereocenters. The van der Waals surface area contributed by atoms with Crippen molar-refractivity contribution in [3.05, 3.63) is 194 Å². The van der Waals surface area contributed by atoms with Crippen LogP contribution in [0.25, 0.3) is 0 Å². The van der Waals surface area contributed by atoms with E-state index in [0.717, 1.165) is 0 Å². The molecule has 0 N–H and O–H groups in total. The van der Waals surface area contributed by atoms with Gasteiger partial charge in [0.25, 0.3) is 0 Å². The second kappa shape index (κ2) is 13.6. The Kier molecular flexibility index (Phi) is 9.25. The summed E-state index contributed by atoms with van der Waals surface area (Å²) in [5.74, 6) is 1.99. The lowest BCUT2D eigenvalue weighted by molar-refractivity contribution is 0.596. The number of nitrogens with zero attached hydrogens (tertiary/aromatic N) is 2. The van der Waals surface area contributed by atoms with Crippen molar-refractivity contribution in [1.82, 2.24) is 9.55 Å². The van der Waals surface area contributed by atoms with Crippen LogP contribution in [-0.2, 0) is 5.16 Å². The zero-order valence-corrected chi connectivity index (χ0v) is 24.3. The SMILES string of the molecule is C=CB(c1ccccc1)c1ccccc1.Cc1cccc([Si]C(c2ccccc2)(c2ccccc2)n2ccnc2)c1. The van der Waals surface area contributed by atoms with E-state index in [1.54, 1.807) is 0 Å². The minimum Gasteiger partial charge on any atom is -0.326 e. The Morgan fingerprint density at radius 3 is 1.63 bits per heavy atom. The second-order valence-corrected chi connectivity index (χ2v) is 11.5. The zero-order valence-electron chi connectivity index (χ0n) is 23.3. The third-order valence-electron chi connectivity index (χ3n) is 7.17. The maximum atomic E-state index is 4.37. The monoisotopic (exact) mass is 544 g/mol. The van der Waals surface area contributed by atoms with Crippen molar-refractivity contribution >= 4 is 32.3 Å². The van der Waals surface area contributed by atoms with Crippen molar-refractivity contribution < 1.29 is 0 Å². The zero-order chi connectivity index (χ0) is 28.3. The van der Waals surface area contributed by atoms with E-state index < -0.39 is 0 Å². The summed E-state index contributed by atoms with van der Waals surface area (Å²) in [5, 5.41) is 1.03. The highest BCUT2D eigenvalue weighted by molar-refractivity contribution is 6.89. The van der Waals surface area contributed by atoms with Crippen LogP contribution in [0, 0.1) is 6.92 Å². The van der Waals surface area contributed by atoms with Gasteiger partial charge in [0.2, 0.25) is 6.71 Å². The Morgan fingerprint density at radius 2 is 1.20 bits per heavy atom. The largest absolute Gasteiger partial charge is 0.326 e. The van der Waals surface area contributed by atoms with Crippen LogP contribution in [0.2, 0.25) is 0 Å². The number of aryl methyl sites for hydroxylation is 1. The fraction of sp³-hybridized carbons (Fsp3) is 0.0541. The minimum absolute atomic E-state index is 0.299.